The van der Waals surface area contributed by atoms with E-state index in [1.165, 1.54) is 0 Å². The van der Waals surface area contributed by atoms with Crippen LogP contribution in [0.3, 0.4) is 0 Å². The van der Waals surface area contributed by atoms with Crippen LogP contribution in [0.4, 0.5) is 5.95 Å². The molecule has 1 aliphatic heterocycles. The minimum atomic E-state index is -0.0132. The van der Waals surface area contributed by atoms with Gasteiger partial charge in [0.25, 0.3) is 0 Å². The molecule has 144 valence electrons. The molecule has 27 heavy (non-hydrogen) atoms. The maximum absolute atomic E-state index is 6.20. The first-order chi connectivity index (χ1) is 13.2. The minimum Gasteiger partial charge on any atom is -0.354 e. The maximum atomic E-state index is 6.20. The van der Waals surface area contributed by atoms with Crippen LogP contribution in [0.1, 0.15) is 38.6 Å². The van der Waals surface area contributed by atoms with Crippen LogP contribution in [0.2, 0.25) is 0 Å². The summed E-state index contributed by atoms with van der Waals surface area (Å²) >= 11 is 0. The summed E-state index contributed by atoms with van der Waals surface area (Å²) in [5.74, 6) is 1.12. The number of anilines is 1. The van der Waals surface area contributed by atoms with Gasteiger partial charge in [0.15, 0.2) is 5.65 Å². The van der Waals surface area contributed by atoms with E-state index in [1.807, 2.05) is 28.6 Å². The molecule has 3 aromatic heterocycles. The van der Waals surface area contributed by atoms with Gasteiger partial charge in [-0.15, -0.1) is 13.2 Å². The van der Waals surface area contributed by atoms with Gasteiger partial charge in [-0.2, -0.15) is 4.98 Å². The number of imidazole rings is 2. The Morgan fingerprint density at radius 2 is 2.11 bits per heavy atom. The summed E-state index contributed by atoms with van der Waals surface area (Å²) in [6.45, 7) is 12.9. The summed E-state index contributed by atoms with van der Waals surface area (Å²) in [5.41, 5.74) is 2.49. The highest BCUT2D eigenvalue weighted by molar-refractivity contribution is 5.74. The quantitative estimate of drug-likeness (QED) is 0.693. The number of rotatable bonds is 5. The SMILES string of the molecule is C=C.CCC1OC(n2cnc3c(C)nc(NCn4ccnc4)nc32)CC1C. The van der Waals surface area contributed by atoms with Gasteiger partial charge in [0.1, 0.15) is 11.7 Å². The molecule has 4 heterocycles. The van der Waals surface area contributed by atoms with Crippen molar-refractivity contribution in [3.05, 3.63) is 43.9 Å². The van der Waals surface area contributed by atoms with E-state index < -0.39 is 0 Å². The average molecular weight is 369 g/mol. The lowest BCUT2D eigenvalue weighted by Gasteiger charge is -2.15. The predicted octanol–water partition coefficient (Wildman–Crippen LogP) is 3.54. The van der Waals surface area contributed by atoms with Gasteiger partial charge in [-0.1, -0.05) is 13.8 Å². The van der Waals surface area contributed by atoms with Gasteiger partial charge in [-0.3, -0.25) is 4.57 Å². The Kier molecular flexibility index (Phi) is 5.85. The normalized spacial score (nSPS) is 21.8. The summed E-state index contributed by atoms with van der Waals surface area (Å²) in [7, 11) is 0. The first kappa shape index (κ1) is 19.0. The average Bonchev–Trinajstić information content (AvgIpc) is 3.41. The van der Waals surface area contributed by atoms with Gasteiger partial charge in [0.2, 0.25) is 5.95 Å². The van der Waals surface area contributed by atoms with Crippen LogP contribution in [-0.4, -0.2) is 35.2 Å². The molecule has 3 unspecified atom stereocenters. The fourth-order valence-electron chi connectivity index (χ4n) is 3.43. The largest absolute Gasteiger partial charge is 0.354 e. The molecule has 0 saturated carbocycles. The molecule has 4 rings (SSSR count). The minimum absolute atomic E-state index is 0.0132. The third-order valence-corrected chi connectivity index (χ3v) is 4.83. The van der Waals surface area contributed by atoms with Crippen molar-refractivity contribution in [3.8, 4) is 0 Å². The first-order valence-corrected chi connectivity index (χ1v) is 9.22. The molecule has 1 aliphatic rings. The molecule has 1 saturated heterocycles. The predicted molar refractivity (Wildman–Crippen MR) is 105 cm³/mol. The van der Waals surface area contributed by atoms with Crippen LogP contribution in [0.5, 0.6) is 0 Å². The second-order valence-corrected chi connectivity index (χ2v) is 6.62. The summed E-state index contributed by atoms with van der Waals surface area (Å²) in [5, 5.41) is 3.24. The number of nitrogens with zero attached hydrogens (tertiary/aromatic N) is 6. The van der Waals surface area contributed by atoms with Gasteiger partial charge in [0.05, 0.1) is 31.1 Å². The van der Waals surface area contributed by atoms with E-state index >= 15 is 0 Å². The number of hydrogen-bond donors (Lipinski definition) is 1. The number of nitrogens with one attached hydrogen (secondary N) is 1. The van der Waals surface area contributed by atoms with Crippen LogP contribution < -0.4 is 5.32 Å². The molecule has 0 amide bonds. The van der Waals surface area contributed by atoms with Crippen molar-refractivity contribution in [2.24, 2.45) is 5.92 Å². The molecule has 3 aromatic rings. The summed E-state index contributed by atoms with van der Waals surface area (Å²) in [4.78, 5) is 17.7. The second-order valence-electron chi connectivity index (χ2n) is 6.62. The molecule has 0 bridgehead atoms. The van der Waals surface area contributed by atoms with E-state index in [9.17, 15) is 0 Å². The Hall–Kier alpha value is -2.74. The summed E-state index contributed by atoms with van der Waals surface area (Å²) < 4.78 is 10.2. The van der Waals surface area contributed by atoms with Crippen molar-refractivity contribution in [2.75, 3.05) is 5.32 Å². The van der Waals surface area contributed by atoms with Crippen molar-refractivity contribution in [1.82, 2.24) is 29.1 Å². The zero-order valence-electron chi connectivity index (χ0n) is 16.2. The molecule has 0 spiro atoms. The molecule has 1 N–H and O–H groups in total. The fourth-order valence-corrected chi connectivity index (χ4v) is 3.43. The van der Waals surface area contributed by atoms with Crippen molar-refractivity contribution in [1.29, 1.82) is 0 Å². The van der Waals surface area contributed by atoms with Crippen LogP contribution in [0.25, 0.3) is 11.2 Å². The summed E-state index contributed by atoms with van der Waals surface area (Å²) in [6, 6.07) is 0. The molecular formula is C19H27N7O. The monoisotopic (exact) mass is 369 g/mol. The zero-order chi connectivity index (χ0) is 19.4. The lowest BCUT2D eigenvalue weighted by atomic mass is 10.0. The zero-order valence-corrected chi connectivity index (χ0v) is 16.2. The van der Waals surface area contributed by atoms with E-state index in [2.05, 4.69) is 52.3 Å². The standard InChI is InChI=1S/C17H23N7O.C2H4/c1-4-13-11(2)7-14(25-13)24-10-19-15-12(3)21-17(22-16(15)24)20-9-23-6-5-18-8-23;1-2/h5-6,8,10-11,13-14H,4,7,9H2,1-3H3,(H,20,21,22);1-2H2. The Morgan fingerprint density at radius 1 is 1.30 bits per heavy atom. The Bertz CT molecular complexity index is 874. The lowest BCUT2D eigenvalue weighted by Crippen LogP contribution is -2.13. The lowest BCUT2D eigenvalue weighted by molar-refractivity contribution is -0.00303. The molecule has 3 atom stereocenters. The highest BCUT2D eigenvalue weighted by atomic mass is 16.5. The van der Waals surface area contributed by atoms with Gasteiger partial charge in [-0.05, 0) is 25.7 Å². The Labute approximate surface area is 159 Å². The molecule has 8 heteroatoms. The van der Waals surface area contributed by atoms with Crippen LogP contribution >= 0.6 is 0 Å². The van der Waals surface area contributed by atoms with Crippen molar-refractivity contribution in [2.45, 2.75) is 52.6 Å². The Morgan fingerprint density at radius 3 is 2.78 bits per heavy atom. The molecule has 0 radical (unpaired) electrons. The van der Waals surface area contributed by atoms with Gasteiger partial charge >= 0.3 is 0 Å². The van der Waals surface area contributed by atoms with Crippen molar-refractivity contribution in [3.63, 3.8) is 0 Å². The highest BCUT2D eigenvalue weighted by Gasteiger charge is 2.33. The van der Waals surface area contributed by atoms with Crippen LogP contribution in [-0.2, 0) is 11.4 Å². The van der Waals surface area contributed by atoms with E-state index in [4.69, 9.17) is 4.74 Å². The van der Waals surface area contributed by atoms with Crippen LogP contribution in [0.15, 0.2) is 38.2 Å². The van der Waals surface area contributed by atoms with Gasteiger partial charge in [-0.25, -0.2) is 15.0 Å². The molecular weight excluding hydrogens is 342 g/mol. The Balaban J connectivity index is 0.00000102. The number of aryl methyl sites for hydroxylation is 1. The third kappa shape index (κ3) is 3.85. The molecule has 0 aliphatic carbocycles. The molecule has 0 aromatic carbocycles. The molecule has 8 nitrogen and oxygen atoms in total. The summed E-state index contributed by atoms with van der Waals surface area (Å²) in [6.07, 6.45) is 9.49. The number of fused-ring (bicyclic) bond motifs is 1. The smallest absolute Gasteiger partial charge is 0.226 e. The van der Waals surface area contributed by atoms with Crippen LogP contribution in [0, 0.1) is 12.8 Å². The topological polar surface area (TPSA) is 82.7 Å². The van der Waals surface area contributed by atoms with Gasteiger partial charge < -0.3 is 14.6 Å². The first-order valence-electron chi connectivity index (χ1n) is 9.22. The van der Waals surface area contributed by atoms with E-state index in [0.717, 1.165) is 29.7 Å². The number of hydrogen-bond acceptors (Lipinski definition) is 6. The molecule has 1 fully saturated rings. The van der Waals surface area contributed by atoms with E-state index in [0.29, 0.717) is 24.6 Å². The second kappa shape index (κ2) is 8.30. The van der Waals surface area contributed by atoms with E-state index in [1.54, 1.807) is 12.5 Å². The highest BCUT2D eigenvalue weighted by Crippen LogP contribution is 2.36. The van der Waals surface area contributed by atoms with Crippen molar-refractivity contribution < 1.29 is 4.74 Å². The number of aromatic nitrogens is 6. The van der Waals surface area contributed by atoms with E-state index in [-0.39, 0.29) is 6.23 Å². The van der Waals surface area contributed by atoms with Crippen molar-refractivity contribution >= 4 is 17.1 Å². The third-order valence-electron chi connectivity index (χ3n) is 4.83. The maximum Gasteiger partial charge on any atom is 0.226 e. The fraction of sp³-hybridized carbons (Fsp3) is 0.474. The van der Waals surface area contributed by atoms with Gasteiger partial charge in [0, 0.05) is 12.4 Å². The number of ether oxygens (including phenoxy) is 1.